The number of aliphatic hydroxyl groups is 1. The highest BCUT2D eigenvalue weighted by atomic mass is 19.1. The fraction of sp³-hybridized carbons (Fsp3) is 0.250. The Morgan fingerprint density at radius 3 is 3.00 bits per heavy atom. The number of aliphatic hydroxyl groups excluding tert-OH is 1. The van der Waals surface area contributed by atoms with E-state index in [-0.39, 0.29) is 13.2 Å². The molecule has 74 valence electrons. The van der Waals surface area contributed by atoms with Crippen molar-refractivity contribution in [3.8, 4) is 11.8 Å². The number of halogens is 1. The standard InChI is InChI=1S/C8H8FN3O2/c9-6-5-12(3-1-2-4-13)8(14)11-7(6)10/h5,13H,3-4H2,(H2,10,11,14). The van der Waals surface area contributed by atoms with E-state index in [9.17, 15) is 9.18 Å². The molecule has 0 aliphatic heterocycles. The van der Waals surface area contributed by atoms with Gasteiger partial charge in [0.25, 0.3) is 0 Å². The summed E-state index contributed by atoms with van der Waals surface area (Å²) in [5.74, 6) is 3.58. The topological polar surface area (TPSA) is 81.1 Å². The molecule has 0 saturated carbocycles. The lowest BCUT2D eigenvalue weighted by atomic mass is 10.5. The van der Waals surface area contributed by atoms with Gasteiger partial charge in [0.1, 0.15) is 6.61 Å². The highest BCUT2D eigenvalue weighted by Gasteiger charge is 2.03. The first kappa shape index (κ1) is 10.2. The number of nitrogen functional groups attached to an aromatic ring is 1. The van der Waals surface area contributed by atoms with E-state index in [1.807, 2.05) is 0 Å². The molecule has 0 aliphatic carbocycles. The molecule has 14 heavy (non-hydrogen) atoms. The predicted octanol–water partition coefficient (Wildman–Crippen LogP) is -1.04. The molecule has 0 unspecified atom stereocenters. The lowest BCUT2D eigenvalue weighted by Gasteiger charge is -2.00. The van der Waals surface area contributed by atoms with Crippen molar-refractivity contribution in [2.45, 2.75) is 6.54 Å². The monoisotopic (exact) mass is 197 g/mol. The van der Waals surface area contributed by atoms with Crippen LogP contribution in [0.25, 0.3) is 0 Å². The number of hydrogen-bond donors (Lipinski definition) is 2. The summed E-state index contributed by atoms with van der Waals surface area (Å²) >= 11 is 0. The van der Waals surface area contributed by atoms with Crippen LogP contribution in [0.15, 0.2) is 11.0 Å². The lowest BCUT2D eigenvalue weighted by molar-refractivity contribution is 0.350. The summed E-state index contributed by atoms with van der Waals surface area (Å²) < 4.78 is 13.8. The molecule has 6 heteroatoms. The van der Waals surface area contributed by atoms with Gasteiger partial charge in [0, 0.05) is 6.20 Å². The summed E-state index contributed by atoms with van der Waals surface area (Å²) in [6.07, 6.45) is 0.927. The molecule has 0 bridgehead atoms. The second kappa shape index (κ2) is 4.39. The molecule has 0 radical (unpaired) electrons. The van der Waals surface area contributed by atoms with Gasteiger partial charge in [0.05, 0.1) is 6.54 Å². The maximum Gasteiger partial charge on any atom is 0.350 e. The Morgan fingerprint density at radius 2 is 2.36 bits per heavy atom. The first-order chi connectivity index (χ1) is 6.65. The van der Waals surface area contributed by atoms with E-state index in [0.717, 1.165) is 10.8 Å². The smallest absolute Gasteiger partial charge is 0.350 e. The van der Waals surface area contributed by atoms with Crippen molar-refractivity contribution >= 4 is 5.82 Å². The third-order valence-corrected chi connectivity index (χ3v) is 1.43. The van der Waals surface area contributed by atoms with Crippen molar-refractivity contribution in [3.63, 3.8) is 0 Å². The van der Waals surface area contributed by atoms with E-state index in [4.69, 9.17) is 10.8 Å². The van der Waals surface area contributed by atoms with Gasteiger partial charge in [-0.25, -0.2) is 9.18 Å². The number of hydrogen-bond acceptors (Lipinski definition) is 4. The predicted molar refractivity (Wildman–Crippen MR) is 47.7 cm³/mol. The van der Waals surface area contributed by atoms with E-state index in [1.165, 1.54) is 0 Å². The van der Waals surface area contributed by atoms with Gasteiger partial charge in [-0.1, -0.05) is 11.8 Å². The molecule has 3 N–H and O–H groups in total. The highest BCUT2D eigenvalue weighted by Crippen LogP contribution is 2.00. The molecular weight excluding hydrogens is 189 g/mol. The van der Waals surface area contributed by atoms with Crippen LogP contribution in [0.3, 0.4) is 0 Å². The Balaban J connectivity index is 2.99. The van der Waals surface area contributed by atoms with E-state index in [1.54, 1.807) is 0 Å². The molecular formula is C8H8FN3O2. The summed E-state index contributed by atoms with van der Waals surface area (Å²) in [5, 5.41) is 8.34. The second-order valence-electron chi connectivity index (χ2n) is 2.40. The molecule has 0 aliphatic rings. The minimum Gasteiger partial charge on any atom is -0.384 e. The maximum absolute atomic E-state index is 12.8. The van der Waals surface area contributed by atoms with Crippen LogP contribution in [0.4, 0.5) is 10.2 Å². The van der Waals surface area contributed by atoms with Gasteiger partial charge in [-0.05, 0) is 0 Å². The van der Waals surface area contributed by atoms with Gasteiger partial charge in [-0.2, -0.15) is 4.98 Å². The molecule has 0 atom stereocenters. The summed E-state index contributed by atoms with van der Waals surface area (Å²) in [6, 6.07) is 0. The van der Waals surface area contributed by atoms with Crippen molar-refractivity contribution in [1.82, 2.24) is 9.55 Å². The molecule has 0 amide bonds. The molecule has 5 nitrogen and oxygen atoms in total. The van der Waals surface area contributed by atoms with Gasteiger partial charge in [0.15, 0.2) is 11.6 Å². The first-order valence-electron chi connectivity index (χ1n) is 3.74. The van der Waals surface area contributed by atoms with Crippen LogP contribution in [0, 0.1) is 17.7 Å². The van der Waals surface area contributed by atoms with Crippen LogP contribution in [0.2, 0.25) is 0 Å². The molecule has 1 aromatic heterocycles. The SMILES string of the molecule is Nc1nc(=O)n(CC#CCO)cc1F. The van der Waals surface area contributed by atoms with Crippen LogP contribution in [0.1, 0.15) is 0 Å². The van der Waals surface area contributed by atoms with E-state index < -0.39 is 17.3 Å². The zero-order chi connectivity index (χ0) is 10.6. The van der Waals surface area contributed by atoms with Crippen LogP contribution in [-0.4, -0.2) is 21.3 Å². The largest absolute Gasteiger partial charge is 0.384 e. The van der Waals surface area contributed by atoms with Crippen LogP contribution in [0.5, 0.6) is 0 Å². The van der Waals surface area contributed by atoms with E-state index in [0.29, 0.717) is 0 Å². The molecule has 0 fully saturated rings. The van der Waals surface area contributed by atoms with Gasteiger partial charge < -0.3 is 10.8 Å². The van der Waals surface area contributed by atoms with Crippen LogP contribution < -0.4 is 11.4 Å². The third kappa shape index (κ3) is 2.31. The van der Waals surface area contributed by atoms with E-state index >= 15 is 0 Å². The van der Waals surface area contributed by atoms with Gasteiger partial charge in [0.2, 0.25) is 0 Å². The summed E-state index contributed by atoms with van der Waals surface area (Å²) in [6.45, 7) is -0.330. The van der Waals surface area contributed by atoms with Crippen molar-refractivity contribution in [1.29, 1.82) is 0 Å². The lowest BCUT2D eigenvalue weighted by Crippen LogP contribution is -2.24. The third-order valence-electron chi connectivity index (χ3n) is 1.43. The number of nitrogens with two attached hydrogens (primary N) is 1. The Morgan fingerprint density at radius 1 is 1.64 bits per heavy atom. The quantitative estimate of drug-likeness (QED) is 0.563. The Kier molecular flexibility index (Phi) is 3.20. The number of nitrogens with zero attached hydrogens (tertiary/aromatic N) is 2. The van der Waals surface area contributed by atoms with Crippen molar-refractivity contribution in [2.24, 2.45) is 0 Å². The normalized spacial score (nSPS) is 9.29. The fourth-order valence-electron chi connectivity index (χ4n) is 0.789. The average molecular weight is 197 g/mol. The fourth-order valence-corrected chi connectivity index (χ4v) is 0.789. The van der Waals surface area contributed by atoms with Gasteiger partial charge >= 0.3 is 5.69 Å². The van der Waals surface area contributed by atoms with Gasteiger partial charge in [-0.3, -0.25) is 4.57 Å². The zero-order valence-electron chi connectivity index (χ0n) is 7.20. The first-order valence-corrected chi connectivity index (χ1v) is 3.74. The molecule has 0 spiro atoms. The second-order valence-corrected chi connectivity index (χ2v) is 2.40. The zero-order valence-corrected chi connectivity index (χ0v) is 7.20. The number of aromatic nitrogens is 2. The minimum atomic E-state index is -0.768. The summed E-state index contributed by atoms with van der Waals surface area (Å²) in [7, 11) is 0. The average Bonchev–Trinajstić information content (AvgIpc) is 2.14. The molecule has 0 saturated heterocycles. The maximum atomic E-state index is 12.8. The summed E-state index contributed by atoms with van der Waals surface area (Å²) in [4.78, 5) is 14.3. The Labute approximate surface area is 79.0 Å². The van der Waals surface area contributed by atoms with E-state index in [2.05, 4.69) is 16.8 Å². The summed E-state index contributed by atoms with van der Waals surface area (Å²) in [5.41, 5.74) is 4.40. The molecule has 1 aromatic rings. The number of rotatable bonds is 1. The number of anilines is 1. The Hall–Kier alpha value is -1.87. The minimum absolute atomic E-state index is 0.0242. The van der Waals surface area contributed by atoms with Crippen molar-refractivity contribution < 1.29 is 9.50 Å². The Bertz CT molecular complexity index is 444. The van der Waals surface area contributed by atoms with Crippen molar-refractivity contribution in [2.75, 3.05) is 12.3 Å². The molecule has 1 heterocycles. The van der Waals surface area contributed by atoms with Gasteiger partial charge in [-0.15, -0.1) is 0 Å². The highest BCUT2D eigenvalue weighted by molar-refractivity contribution is 5.26. The van der Waals surface area contributed by atoms with Crippen molar-refractivity contribution in [3.05, 3.63) is 22.5 Å². The van der Waals surface area contributed by atoms with Crippen LogP contribution in [-0.2, 0) is 6.54 Å². The molecule has 1 rings (SSSR count). The molecule has 0 aromatic carbocycles. The van der Waals surface area contributed by atoms with Crippen LogP contribution >= 0.6 is 0 Å².